The molecule has 0 aliphatic carbocycles. The Morgan fingerprint density at radius 1 is 1.32 bits per heavy atom. The molecule has 0 bridgehead atoms. The van der Waals surface area contributed by atoms with Gasteiger partial charge >= 0.3 is 0 Å². The molecule has 3 nitrogen and oxygen atoms in total. The fourth-order valence-electron chi connectivity index (χ4n) is 2.60. The standard InChI is InChI=1S/C15H17N3S/c1-10-5-3-7-13-14(10)18(15(16)17-13)11(2)9-12-6-4-8-19-12/h3-8,11H,9H2,1-2H3,(H2,16,17). The van der Waals surface area contributed by atoms with Crippen LogP contribution in [-0.4, -0.2) is 9.55 Å². The molecule has 2 N–H and O–H groups in total. The maximum atomic E-state index is 6.11. The van der Waals surface area contributed by atoms with E-state index in [-0.39, 0.29) is 0 Å². The number of imidazole rings is 1. The zero-order valence-electron chi connectivity index (χ0n) is 11.1. The van der Waals surface area contributed by atoms with Gasteiger partial charge in [0.2, 0.25) is 5.95 Å². The normalized spacial score (nSPS) is 12.9. The molecule has 1 atom stereocenters. The first-order valence-corrected chi connectivity index (χ1v) is 7.30. The van der Waals surface area contributed by atoms with Crippen molar-refractivity contribution in [3.63, 3.8) is 0 Å². The van der Waals surface area contributed by atoms with E-state index in [1.54, 1.807) is 11.3 Å². The van der Waals surface area contributed by atoms with Crippen LogP contribution in [0.15, 0.2) is 35.7 Å². The van der Waals surface area contributed by atoms with Crippen LogP contribution in [0.1, 0.15) is 23.4 Å². The number of aromatic nitrogens is 2. The Kier molecular flexibility index (Phi) is 3.03. The summed E-state index contributed by atoms with van der Waals surface area (Å²) in [6.07, 6.45) is 0.988. The molecule has 3 aromatic rings. The van der Waals surface area contributed by atoms with Gasteiger partial charge in [-0.05, 0) is 36.9 Å². The van der Waals surface area contributed by atoms with Crippen molar-refractivity contribution in [2.75, 3.05) is 5.73 Å². The molecule has 0 amide bonds. The maximum absolute atomic E-state index is 6.11. The van der Waals surface area contributed by atoms with E-state index in [0.29, 0.717) is 12.0 Å². The van der Waals surface area contributed by atoms with E-state index in [9.17, 15) is 0 Å². The lowest BCUT2D eigenvalue weighted by atomic mass is 10.1. The third-order valence-electron chi connectivity index (χ3n) is 3.46. The van der Waals surface area contributed by atoms with Crippen molar-refractivity contribution in [3.8, 4) is 0 Å². The number of aryl methyl sites for hydroxylation is 1. The largest absolute Gasteiger partial charge is 0.369 e. The van der Waals surface area contributed by atoms with E-state index >= 15 is 0 Å². The lowest BCUT2D eigenvalue weighted by Gasteiger charge is -2.16. The lowest BCUT2D eigenvalue weighted by Crippen LogP contribution is -2.11. The van der Waals surface area contributed by atoms with Crippen LogP contribution >= 0.6 is 11.3 Å². The van der Waals surface area contributed by atoms with E-state index in [0.717, 1.165) is 17.5 Å². The Morgan fingerprint density at radius 3 is 2.89 bits per heavy atom. The summed E-state index contributed by atoms with van der Waals surface area (Å²) in [4.78, 5) is 5.85. The molecule has 1 unspecified atom stereocenters. The highest BCUT2D eigenvalue weighted by Crippen LogP contribution is 2.28. The van der Waals surface area contributed by atoms with Crippen molar-refractivity contribution >= 4 is 28.3 Å². The van der Waals surface area contributed by atoms with Gasteiger partial charge in [0, 0.05) is 17.3 Å². The number of rotatable bonds is 3. The van der Waals surface area contributed by atoms with Crippen LogP contribution in [-0.2, 0) is 6.42 Å². The second-order valence-electron chi connectivity index (χ2n) is 4.92. The van der Waals surface area contributed by atoms with Crippen LogP contribution in [0.25, 0.3) is 11.0 Å². The summed E-state index contributed by atoms with van der Waals surface area (Å²) < 4.78 is 2.16. The number of anilines is 1. The third-order valence-corrected chi connectivity index (χ3v) is 4.36. The molecule has 2 aromatic heterocycles. The molecule has 3 rings (SSSR count). The van der Waals surface area contributed by atoms with Gasteiger partial charge in [-0.3, -0.25) is 0 Å². The SMILES string of the molecule is Cc1cccc2nc(N)n(C(C)Cc3cccs3)c12. The van der Waals surface area contributed by atoms with Crippen LogP contribution in [0.2, 0.25) is 0 Å². The molecule has 4 heteroatoms. The first-order chi connectivity index (χ1) is 9.16. The lowest BCUT2D eigenvalue weighted by molar-refractivity contribution is 0.570. The minimum absolute atomic E-state index is 0.310. The average molecular weight is 271 g/mol. The molecule has 0 saturated heterocycles. The van der Waals surface area contributed by atoms with Gasteiger partial charge in [0.05, 0.1) is 11.0 Å². The first-order valence-electron chi connectivity index (χ1n) is 6.42. The van der Waals surface area contributed by atoms with Gasteiger partial charge < -0.3 is 10.3 Å². The topological polar surface area (TPSA) is 43.8 Å². The summed E-state index contributed by atoms with van der Waals surface area (Å²) in [6.45, 7) is 4.31. The van der Waals surface area contributed by atoms with Gasteiger partial charge in [-0.1, -0.05) is 18.2 Å². The van der Waals surface area contributed by atoms with Gasteiger partial charge in [0.15, 0.2) is 0 Å². The highest BCUT2D eigenvalue weighted by atomic mass is 32.1. The predicted octanol–water partition coefficient (Wildman–Crippen LogP) is 3.79. The number of fused-ring (bicyclic) bond motifs is 1. The molecule has 1 aromatic carbocycles. The number of nitrogens with zero attached hydrogens (tertiary/aromatic N) is 2. The summed E-state index contributed by atoms with van der Waals surface area (Å²) in [5.74, 6) is 0.605. The fourth-order valence-corrected chi connectivity index (χ4v) is 3.42. The fraction of sp³-hybridized carbons (Fsp3) is 0.267. The van der Waals surface area contributed by atoms with E-state index in [1.165, 1.54) is 10.4 Å². The van der Waals surface area contributed by atoms with Crippen LogP contribution < -0.4 is 5.73 Å². The van der Waals surface area contributed by atoms with Crippen molar-refractivity contribution in [1.29, 1.82) is 0 Å². The predicted molar refractivity (Wildman–Crippen MR) is 81.6 cm³/mol. The second-order valence-corrected chi connectivity index (χ2v) is 5.95. The van der Waals surface area contributed by atoms with Gasteiger partial charge in [-0.2, -0.15) is 0 Å². The van der Waals surface area contributed by atoms with E-state index < -0.39 is 0 Å². The minimum atomic E-state index is 0.310. The quantitative estimate of drug-likeness (QED) is 0.787. The van der Waals surface area contributed by atoms with Crippen LogP contribution in [0.5, 0.6) is 0 Å². The van der Waals surface area contributed by atoms with Gasteiger partial charge in [0.25, 0.3) is 0 Å². The van der Waals surface area contributed by atoms with Gasteiger partial charge in [-0.15, -0.1) is 11.3 Å². The summed E-state index contributed by atoms with van der Waals surface area (Å²) in [5, 5.41) is 2.11. The Bertz CT molecular complexity index is 698. The molecule has 2 heterocycles. The molecule has 0 fully saturated rings. The first kappa shape index (κ1) is 12.2. The van der Waals surface area contributed by atoms with Crippen LogP contribution in [0.3, 0.4) is 0 Å². The molecule has 0 spiro atoms. The molecule has 0 radical (unpaired) electrons. The highest BCUT2D eigenvalue weighted by molar-refractivity contribution is 7.09. The number of nitrogen functional groups attached to an aromatic ring is 1. The smallest absolute Gasteiger partial charge is 0.201 e. The Balaban J connectivity index is 2.06. The zero-order chi connectivity index (χ0) is 13.4. The van der Waals surface area contributed by atoms with Crippen molar-refractivity contribution in [3.05, 3.63) is 46.2 Å². The van der Waals surface area contributed by atoms with E-state index in [2.05, 4.69) is 47.0 Å². The maximum Gasteiger partial charge on any atom is 0.201 e. The van der Waals surface area contributed by atoms with Crippen LogP contribution in [0, 0.1) is 6.92 Å². The molecule has 19 heavy (non-hydrogen) atoms. The number of hydrogen-bond donors (Lipinski definition) is 1. The van der Waals surface area contributed by atoms with Gasteiger partial charge in [0.1, 0.15) is 0 Å². The molecule has 0 aliphatic rings. The number of hydrogen-bond acceptors (Lipinski definition) is 3. The van der Waals surface area contributed by atoms with Crippen molar-refractivity contribution < 1.29 is 0 Å². The average Bonchev–Trinajstić information content (AvgIpc) is 2.96. The Hall–Kier alpha value is -1.81. The number of thiophene rings is 1. The molecular formula is C15H17N3S. The Morgan fingerprint density at radius 2 is 2.16 bits per heavy atom. The summed E-state index contributed by atoms with van der Waals surface area (Å²) >= 11 is 1.79. The molecule has 98 valence electrons. The minimum Gasteiger partial charge on any atom is -0.369 e. The monoisotopic (exact) mass is 271 g/mol. The van der Waals surface area contributed by atoms with Gasteiger partial charge in [-0.25, -0.2) is 4.98 Å². The summed E-state index contributed by atoms with van der Waals surface area (Å²) in [5.41, 5.74) is 9.47. The van der Waals surface area contributed by atoms with E-state index in [4.69, 9.17) is 5.73 Å². The van der Waals surface area contributed by atoms with Crippen molar-refractivity contribution in [2.24, 2.45) is 0 Å². The zero-order valence-corrected chi connectivity index (χ0v) is 11.9. The number of nitrogens with two attached hydrogens (primary N) is 1. The van der Waals surface area contributed by atoms with Crippen molar-refractivity contribution in [1.82, 2.24) is 9.55 Å². The molecule has 0 saturated carbocycles. The summed E-state index contributed by atoms with van der Waals surface area (Å²) in [6, 6.07) is 10.7. The number of para-hydroxylation sites is 1. The van der Waals surface area contributed by atoms with E-state index in [1.807, 2.05) is 12.1 Å². The van der Waals surface area contributed by atoms with Crippen molar-refractivity contribution in [2.45, 2.75) is 26.3 Å². The number of benzene rings is 1. The van der Waals surface area contributed by atoms with Crippen LogP contribution in [0.4, 0.5) is 5.95 Å². The summed E-state index contributed by atoms with van der Waals surface area (Å²) in [7, 11) is 0. The Labute approximate surface area is 116 Å². The molecular weight excluding hydrogens is 254 g/mol. The highest BCUT2D eigenvalue weighted by Gasteiger charge is 2.16. The molecule has 0 aliphatic heterocycles. The second kappa shape index (κ2) is 4.70. The third kappa shape index (κ3) is 2.12.